The lowest BCUT2D eigenvalue weighted by atomic mass is 9.81. The Balaban J connectivity index is 5.44. The molecule has 0 N–H and O–H groups in total. The molecule has 0 spiro atoms. The molecule has 0 radical (unpaired) electrons. The maximum atomic E-state index is 12.0. The minimum Gasteiger partial charge on any atom is -0.468 e. The summed E-state index contributed by atoms with van der Waals surface area (Å²) >= 11 is 0. The molecule has 5 heteroatoms. The lowest BCUT2D eigenvalue weighted by molar-refractivity contribution is -0.168. The molecule has 0 aromatic heterocycles. The number of carbonyl (C=O) groups is 2. The van der Waals surface area contributed by atoms with E-state index >= 15 is 0 Å². The van der Waals surface area contributed by atoms with Crippen molar-refractivity contribution in [1.82, 2.24) is 0 Å². The minimum absolute atomic E-state index is 0.0859. The molecule has 0 amide bonds. The summed E-state index contributed by atoms with van der Waals surface area (Å²) < 4.78 is 9.46. The maximum Gasteiger partial charge on any atom is 0.324 e. The highest BCUT2D eigenvalue weighted by Crippen LogP contribution is 2.30. The van der Waals surface area contributed by atoms with E-state index in [1.165, 1.54) is 20.3 Å². The van der Waals surface area contributed by atoms with Crippen LogP contribution in [0.4, 0.5) is 0 Å². The quantitative estimate of drug-likeness (QED) is 0.255. The van der Waals surface area contributed by atoms with Crippen molar-refractivity contribution in [2.24, 2.45) is 5.41 Å². The number of allylic oxidation sites excluding steroid dienone is 1. The standard InChI is InChI=1S/C14H22O4Si/c1-7-9-14(12(15)17-2,13(16)18-3)10-8-11-19(4,5)6/h7H,1,9-10H2,2-6H3. The van der Waals surface area contributed by atoms with Gasteiger partial charge >= 0.3 is 11.9 Å². The monoisotopic (exact) mass is 282 g/mol. The van der Waals surface area contributed by atoms with Gasteiger partial charge < -0.3 is 9.47 Å². The average molecular weight is 282 g/mol. The molecular weight excluding hydrogens is 260 g/mol. The van der Waals surface area contributed by atoms with E-state index in [0.717, 1.165) is 0 Å². The van der Waals surface area contributed by atoms with Crippen molar-refractivity contribution in [3.8, 4) is 11.5 Å². The first kappa shape index (κ1) is 17.5. The SMILES string of the molecule is C=CCC(CC#C[Si](C)(C)C)(C(=O)OC)C(=O)OC. The third-order valence-corrected chi connectivity index (χ3v) is 3.43. The smallest absolute Gasteiger partial charge is 0.324 e. The zero-order valence-corrected chi connectivity index (χ0v) is 13.3. The molecule has 4 nitrogen and oxygen atoms in total. The van der Waals surface area contributed by atoms with Crippen LogP contribution in [0.1, 0.15) is 12.8 Å². The Bertz CT molecular complexity index is 393. The van der Waals surface area contributed by atoms with Crippen molar-refractivity contribution < 1.29 is 19.1 Å². The van der Waals surface area contributed by atoms with Crippen LogP contribution in [0.5, 0.6) is 0 Å². The molecular formula is C14H22O4Si. The molecule has 0 atom stereocenters. The van der Waals surface area contributed by atoms with Crippen molar-refractivity contribution in [2.75, 3.05) is 14.2 Å². The van der Waals surface area contributed by atoms with Crippen LogP contribution in [-0.2, 0) is 19.1 Å². The summed E-state index contributed by atoms with van der Waals surface area (Å²) in [6, 6.07) is 0. The van der Waals surface area contributed by atoms with Crippen LogP contribution in [0.2, 0.25) is 19.6 Å². The van der Waals surface area contributed by atoms with Gasteiger partial charge in [-0.15, -0.1) is 18.0 Å². The highest BCUT2D eigenvalue weighted by atomic mass is 28.3. The fourth-order valence-electron chi connectivity index (χ4n) is 1.56. The minimum atomic E-state index is -1.56. The third kappa shape index (κ3) is 4.91. The van der Waals surface area contributed by atoms with E-state index in [-0.39, 0.29) is 12.8 Å². The van der Waals surface area contributed by atoms with Crippen molar-refractivity contribution in [1.29, 1.82) is 0 Å². The largest absolute Gasteiger partial charge is 0.468 e. The number of hydrogen-bond acceptors (Lipinski definition) is 4. The second-order valence-electron chi connectivity index (χ2n) is 5.29. The molecule has 106 valence electrons. The Morgan fingerprint density at radius 1 is 1.21 bits per heavy atom. The van der Waals surface area contributed by atoms with E-state index in [0.29, 0.717) is 0 Å². The molecule has 0 saturated heterocycles. The van der Waals surface area contributed by atoms with Crippen LogP contribution < -0.4 is 0 Å². The molecule has 0 aliphatic heterocycles. The van der Waals surface area contributed by atoms with Gasteiger partial charge in [-0.2, -0.15) is 0 Å². The van der Waals surface area contributed by atoms with E-state index in [2.05, 4.69) is 37.7 Å². The fourth-order valence-corrected chi connectivity index (χ4v) is 2.18. The van der Waals surface area contributed by atoms with Crippen LogP contribution in [-0.4, -0.2) is 34.2 Å². The van der Waals surface area contributed by atoms with Crippen molar-refractivity contribution in [2.45, 2.75) is 32.5 Å². The molecule has 0 aromatic carbocycles. The number of methoxy groups -OCH3 is 2. The molecule has 0 saturated carbocycles. The van der Waals surface area contributed by atoms with Gasteiger partial charge in [-0.25, -0.2) is 0 Å². The molecule has 0 bridgehead atoms. The van der Waals surface area contributed by atoms with Gasteiger partial charge in [-0.1, -0.05) is 25.7 Å². The normalized spacial score (nSPS) is 11.0. The highest BCUT2D eigenvalue weighted by Gasteiger charge is 2.46. The summed E-state index contributed by atoms with van der Waals surface area (Å²) in [5, 5.41) is 0. The Hall–Kier alpha value is -1.54. The first-order valence-corrected chi connectivity index (χ1v) is 9.51. The van der Waals surface area contributed by atoms with Gasteiger partial charge in [0.2, 0.25) is 0 Å². The van der Waals surface area contributed by atoms with Gasteiger partial charge in [-0.3, -0.25) is 9.59 Å². The summed E-state index contributed by atoms with van der Waals surface area (Å²) in [6.07, 6.45) is 1.74. The number of carbonyl (C=O) groups excluding carboxylic acids is 2. The van der Waals surface area contributed by atoms with Crippen LogP contribution in [0.25, 0.3) is 0 Å². The van der Waals surface area contributed by atoms with Crippen LogP contribution >= 0.6 is 0 Å². The van der Waals surface area contributed by atoms with E-state index in [1.54, 1.807) is 0 Å². The molecule has 19 heavy (non-hydrogen) atoms. The van der Waals surface area contributed by atoms with Gasteiger partial charge in [-0.05, 0) is 6.42 Å². The van der Waals surface area contributed by atoms with Crippen LogP contribution in [0.15, 0.2) is 12.7 Å². The van der Waals surface area contributed by atoms with Gasteiger partial charge in [0.05, 0.1) is 14.2 Å². The second-order valence-corrected chi connectivity index (χ2v) is 10.0. The Labute approximate surface area is 116 Å². The number of ether oxygens (including phenoxy) is 2. The van der Waals surface area contributed by atoms with Gasteiger partial charge in [0.25, 0.3) is 0 Å². The van der Waals surface area contributed by atoms with Crippen LogP contribution in [0.3, 0.4) is 0 Å². The Morgan fingerprint density at radius 2 is 1.68 bits per heavy atom. The lowest BCUT2D eigenvalue weighted by Crippen LogP contribution is -2.40. The van der Waals surface area contributed by atoms with E-state index in [4.69, 9.17) is 9.47 Å². The maximum absolute atomic E-state index is 12.0. The number of hydrogen-bond donors (Lipinski definition) is 0. The van der Waals surface area contributed by atoms with Gasteiger partial charge in [0.15, 0.2) is 5.41 Å². The third-order valence-electron chi connectivity index (χ3n) is 2.50. The van der Waals surface area contributed by atoms with E-state index < -0.39 is 25.4 Å². The van der Waals surface area contributed by atoms with Gasteiger partial charge in [0, 0.05) is 6.42 Å². The predicted molar refractivity (Wildman–Crippen MR) is 77.0 cm³/mol. The molecule has 0 fully saturated rings. The zero-order valence-electron chi connectivity index (χ0n) is 12.3. The molecule has 0 aromatic rings. The van der Waals surface area contributed by atoms with E-state index in [1.807, 2.05) is 0 Å². The summed E-state index contributed by atoms with van der Waals surface area (Å²) in [4.78, 5) is 23.9. The summed E-state index contributed by atoms with van der Waals surface area (Å²) in [7, 11) is 0.929. The molecule has 0 heterocycles. The topological polar surface area (TPSA) is 52.6 Å². The Morgan fingerprint density at radius 3 is 2.00 bits per heavy atom. The molecule has 0 rings (SSSR count). The Kier molecular flexibility index (Phi) is 6.57. The van der Waals surface area contributed by atoms with Gasteiger partial charge in [0.1, 0.15) is 8.07 Å². The number of rotatable bonds is 5. The first-order chi connectivity index (χ1) is 8.73. The summed E-state index contributed by atoms with van der Waals surface area (Å²) in [6.45, 7) is 9.85. The van der Waals surface area contributed by atoms with Crippen molar-refractivity contribution in [3.63, 3.8) is 0 Å². The average Bonchev–Trinajstić information content (AvgIpc) is 2.34. The van der Waals surface area contributed by atoms with Crippen LogP contribution in [0, 0.1) is 16.9 Å². The first-order valence-electron chi connectivity index (χ1n) is 6.01. The zero-order chi connectivity index (χ0) is 15.1. The fraction of sp³-hybridized carbons (Fsp3) is 0.571. The summed E-state index contributed by atoms with van der Waals surface area (Å²) in [5.74, 6) is 1.67. The van der Waals surface area contributed by atoms with Crippen molar-refractivity contribution >= 4 is 20.0 Å². The van der Waals surface area contributed by atoms with E-state index in [9.17, 15) is 9.59 Å². The number of esters is 2. The molecule has 0 aliphatic carbocycles. The molecule has 0 aliphatic rings. The van der Waals surface area contributed by atoms with Crippen molar-refractivity contribution in [3.05, 3.63) is 12.7 Å². The molecule has 0 unspecified atom stereocenters. The lowest BCUT2D eigenvalue weighted by Gasteiger charge is -2.24. The second kappa shape index (κ2) is 7.15. The highest BCUT2D eigenvalue weighted by molar-refractivity contribution is 6.83. The summed E-state index contributed by atoms with van der Waals surface area (Å²) in [5.41, 5.74) is 1.73. The predicted octanol–water partition coefficient (Wildman–Crippen LogP) is 2.17.